The third-order valence-corrected chi connectivity index (χ3v) is 5.40. The van der Waals surface area contributed by atoms with E-state index in [1.54, 1.807) is 17.6 Å². The molecule has 0 radical (unpaired) electrons. The topological polar surface area (TPSA) is 75.6 Å². The molecule has 0 saturated carbocycles. The van der Waals surface area contributed by atoms with Gasteiger partial charge in [-0.1, -0.05) is 0 Å². The molecule has 8 heteroatoms. The molecule has 2 heterocycles. The molecule has 118 valence electrons. The Kier molecular flexibility index (Phi) is 5.49. The summed E-state index contributed by atoms with van der Waals surface area (Å²) >= 11 is 0. The van der Waals surface area contributed by atoms with Gasteiger partial charge < -0.3 is 9.64 Å². The largest absolute Gasteiger partial charge is 0.385 e. The first-order valence-corrected chi connectivity index (χ1v) is 8.65. The van der Waals surface area contributed by atoms with E-state index < -0.39 is 10.0 Å². The van der Waals surface area contributed by atoms with E-state index in [-0.39, 0.29) is 5.75 Å². The number of methoxy groups -OCH3 is 1. The summed E-state index contributed by atoms with van der Waals surface area (Å²) in [5, 5.41) is 0. The Morgan fingerprint density at radius 3 is 2.62 bits per heavy atom. The molecule has 1 fully saturated rings. The summed E-state index contributed by atoms with van der Waals surface area (Å²) in [7, 11) is -1.61. The number of sulfonamides is 1. The molecule has 2 rings (SSSR count). The van der Waals surface area contributed by atoms with Crippen molar-refractivity contribution in [3.05, 3.63) is 18.0 Å². The minimum absolute atomic E-state index is 0.141. The van der Waals surface area contributed by atoms with Crippen LogP contribution in [0.4, 0.5) is 5.95 Å². The molecule has 0 aliphatic carbocycles. The standard InChI is InChI=1S/C13H22N4O3S/c1-12-4-5-14-13(15-12)16-6-8-17(9-7-16)21(18,19)11-3-10-20-2/h4-5H,3,6-11H2,1-2H3. The van der Waals surface area contributed by atoms with Gasteiger partial charge in [-0.2, -0.15) is 4.31 Å². The quantitative estimate of drug-likeness (QED) is 0.702. The zero-order valence-electron chi connectivity index (χ0n) is 12.5. The number of aromatic nitrogens is 2. The van der Waals surface area contributed by atoms with Crippen LogP contribution in [0.3, 0.4) is 0 Å². The Morgan fingerprint density at radius 1 is 1.29 bits per heavy atom. The van der Waals surface area contributed by atoms with Crippen molar-refractivity contribution >= 4 is 16.0 Å². The molecule has 1 aliphatic heterocycles. The van der Waals surface area contributed by atoms with Crippen molar-refractivity contribution in [2.24, 2.45) is 0 Å². The van der Waals surface area contributed by atoms with E-state index >= 15 is 0 Å². The van der Waals surface area contributed by atoms with Gasteiger partial charge in [-0.3, -0.25) is 0 Å². The summed E-state index contributed by atoms with van der Waals surface area (Å²) in [6.07, 6.45) is 2.26. The van der Waals surface area contributed by atoms with Crippen LogP contribution >= 0.6 is 0 Å². The number of ether oxygens (including phenoxy) is 1. The molecule has 0 aromatic carbocycles. The molecule has 21 heavy (non-hydrogen) atoms. The molecule has 1 aliphatic rings. The number of rotatable bonds is 6. The molecule has 0 N–H and O–H groups in total. The number of piperazine rings is 1. The zero-order valence-corrected chi connectivity index (χ0v) is 13.3. The summed E-state index contributed by atoms with van der Waals surface area (Å²) in [5.41, 5.74) is 0.912. The zero-order chi connectivity index (χ0) is 15.3. The van der Waals surface area contributed by atoms with Gasteiger partial charge in [0.2, 0.25) is 16.0 Å². The smallest absolute Gasteiger partial charge is 0.225 e. The minimum atomic E-state index is -3.18. The molecule has 0 unspecified atom stereocenters. The highest BCUT2D eigenvalue weighted by Gasteiger charge is 2.27. The minimum Gasteiger partial charge on any atom is -0.385 e. The monoisotopic (exact) mass is 314 g/mol. The fourth-order valence-electron chi connectivity index (χ4n) is 2.27. The molecule has 1 aromatic heterocycles. The molecular weight excluding hydrogens is 292 g/mol. The number of hydrogen-bond donors (Lipinski definition) is 0. The predicted molar refractivity (Wildman–Crippen MR) is 80.8 cm³/mol. The Hall–Kier alpha value is -1.25. The van der Waals surface area contributed by atoms with Gasteiger partial charge in [0.1, 0.15) is 0 Å². The van der Waals surface area contributed by atoms with Crippen molar-refractivity contribution < 1.29 is 13.2 Å². The lowest BCUT2D eigenvalue weighted by atomic mass is 10.4. The normalized spacial score (nSPS) is 17.1. The van der Waals surface area contributed by atoms with Gasteiger partial charge in [0, 0.05) is 51.8 Å². The van der Waals surface area contributed by atoms with Gasteiger partial charge in [0.15, 0.2) is 0 Å². The predicted octanol–water partition coefficient (Wildman–Crippen LogP) is 0.273. The van der Waals surface area contributed by atoms with Crippen molar-refractivity contribution in [3.63, 3.8) is 0 Å². The van der Waals surface area contributed by atoms with Crippen molar-refractivity contribution in [2.75, 3.05) is 50.5 Å². The van der Waals surface area contributed by atoms with Gasteiger partial charge >= 0.3 is 0 Å². The van der Waals surface area contributed by atoms with Gasteiger partial charge in [-0.15, -0.1) is 0 Å². The highest BCUT2D eigenvalue weighted by Crippen LogP contribution is 2.14. The maximum Gasteiger partial charge on any atom is 0.225 e. The van der Waals surface area contributed by atoms with Crippen molar-refractivity contribution in [1.29, 1.82) is 0 Å². The Labute approximate surface area is 126 Å². The van der Waals surface area contributed by atoms with Gasteiger partial charge in [0.25, 0.3) is 0 Å². The van der Waals surface area contributed by atoms with Crippen LogP contribution in [0.15, 0.2) is 12.3 Å². The maximum atomic E-state index is 12.2. The van der Waals surface area contributed by atoms with Crippen LogP contribution in [0, 0.1) is 6.92 Å². The van der Waals surface area contributed by atoms with E-state index in [9.17, 15) is 8.42 Å². The third kappa shape index (κ3) is 4.36. The Balaban J connectivity index is 1.91. The summed E-state index contributed by atoms with van der Waals surface area (Å²) in [6, 6.07) is 1.85. The fourth-order valence-corrected chi connectivity index (χ4v) is 3.73. The lowest BCUT2D eigenvalue weighted by molar-refractivity contribution is 0.199. The lowest BCUT2D eigenvalue weighted by Crippen LogP contribution is -2.49. The van der Waals surface area contributed by atoms with E-state index in [0.717, 1.165) is 5.69 Å². The van der Waals surface area contributed by atoms with Crippen LogP contribution in [0.5, 0.6) is 0 Å². The summed E-state index contributed by atoms with van der Waals surface area (Å²) in [4.78, 5) is 10.6. The van der Waals surface area contributed by atoms with Crippen LogP contribution in [0.1, 0.15) is 12.1 Å². The molecule has 0 atom stereocenters. The molecule has 7 nitrogen and oxygen atoms in total. The van der Waals surface area contributed by atoms with Crippen molar-refractivity contribution in [1.82, 2.24) is 14.3 Å². The van der Waals surface area contributed by atoms with Crippen LogP contribution in [0.25, 0.3) is 0 Å². The highest BCUT2D eigenvalue weighted by atomic mass is 32.2. The second kappa shape index (κ2) is 7.15. The van der Waals surface area contributed by atoms with E-state index in [4.69, 9.17) is 4.74 Å². The molecule has 1 aromatic rings. The average molecular weight is 314 g/mol. The second-order valence-corrected chi connectivity index (χ2v) is 7.13. The second-order valence-electron chi connectivity index (χ2n) is 5.05. The maximum absolute atomic E-state index is 12.2. The van der Waals surface area contributed by atoms with Crippen LogP contribution < -0.4 is 4.90 Å². The fraction of sp³-hybridized carbons (Fsp3) is 0.692. The summed E-state index contributed by atoms with van der Waals surface area (Å²) in [5.74, 6) is 0.813. The summed E-state index contributed by atoms with van der Waals surface area (Å²) < 4.78 is 30.8. The molecule has 0 amide bonds. The first-order valence-electron chi connectivity index (χ1n) is 7.04. The first-order chi connectivity index (χ1) is 10.0. The Morgan fingerprint density at radius 2 is 2.00 bits per heavy atom. The lowest BCUT2D eigenvalue weighted by Gasteiger charge is -2.34. The van der Waals surface area contributed by atoms with Crippen LogP contribution in [-0.2, 0) is 14.8 Å². The van der Waals surface area contributed by atoms with E-state index in [2.05, 4.69) is 9.97 Å². The van der Waals surface area contributed by atoms with Crippen LogP contribution in [0.2, 0.25) is 0 Å². The molecule has 0 bridgehead atoms. The van der Waals surface area contributed by atoms with Crippen molar-refractivity contribution in [2.45, 2.75) is 13.3 Å². The number of aryl methyl sites for hydroxylation is 1. The van der Waals surface area contributed by atoms with E-state index in [1.807, 2.05) is 17.9 Å². The third-order valence-electron chi connectivity index (χ3n) is 3.45. The highest BCUT2D eigenvalue weighted by molar-refractivity contribution is 7.89. The average Bonchev–Trinajstić information content (AvgIpc) is 2.47. The van der Waals surface area contributed by atoms with Gasteiger partial charge in [0.05, 0.1) is 5.75 Å². The van der Waals surface area contributed by atoms with E-state index in [1.165, 1.54) is 0 Å². The first kappa shape index (κ1) is 16.1. The number of anilines is 1. The number of hydrogen-bond acceptors (Lipinski definition) is 6. The Bertz CT molecular complexity index is 556. The molecular formula is C13H22N4O3S. The van der Waals surface area contributed by atoms with Gasteiger partial charge in [-0.05, 0) is 19.4 Å². The molecule has 0 spiro atoms. The van der Waals surface area contributed by atoms with Crippen LogP contribution in [-0.4, -0.2) is 68.3 Å². The van der Waals surface area contributed by atoms with E-state index in [0.29, 0.717) is 45.2 Å². The SMILES string of the molecule is COCCCS(=O)(=O)N1CCN(c2nccc(C)n2)CC1. The molecule has 1 saturated heterocycles. The van der Waals surface area contributed by atoms with Gasteiger partial charge in [-0.25, -0.2) is 18.4 Å². The number of nitrogens with zero attached hydrogens (tertiary/aromatic N) is 4. The van der Waals surface area contributed by atoms with Crippen molar-refractivity contribution in [3.8, 4) is 0 Å². The summed E-state index contributed by atoms with van der Waals surface area (Å²) in [6.45, 7) is 4.58.